The van der Waals surface area contributed by atoms with Gasteiger partial charge in [0.1, 0.15) is 16.4 Å². The average molecular weight is 346 g/mol. The van der Waals surface area contributed by atoms with Crippen LogP contribution in [0.25, 0.3) is 10.1 Å². The molecule has 1 N–H and O–H groups in total. The second-order valence-corrected chi connectivity index (χ2v) is 6.84. The summed E-state index contributed by atoms with van der Waals surface area (Å²) in [6.45, 7) is 0. The standard InChI is InChI=1S/C17H14O4S2/c1-20-10-4-3-5-12(8-10)22-15-13-9-11(21-2)6-7-14(13)23-16(15)17(18)19/h3-9H,1-2H3,(H,18,19). The Kier molecular flexibility index (Phi) is 4.45. The molecule has 0 atom stereocenters. The van der Waals surface area contributed by atoms with Crippen LogP contribution < -0.4 is 9.47 Å². The number of benzene rings is 2. The Balaban J connectivity index is 2.13. The third-order valence-electron chi connectivity index (χ3n) is 3.30. The van der Waals surface area contributed by atoms with Gasteiger partial charge in [0.25, 0.3) is 0 Å². The van der Waals surface area contributed by atoms with Gasteiger partial charge in [-0.3, -0.25) is 0 Å². The minimum Gasteiger partial charge on any atom is -0.497 e. The zero-order valence-corrected chi connectivity index (χ0v) is 14.2. The van der Waals surface area contributed by atoms with E-state index in [1.54, 1.807) is 14.2 Å². The predicted molar refractivity (Wildman–Crippen MR) is 92.5 cm³/mol. The number of ether oxygens (including phenoxy) is 2. The maximum Gasteiger partial charge on any atom is 0.347 e. The SMILES string of the molecule is COc1cccc(Sc2c(C(=O)O)sc3ccc(OC)cc23)c1. The largest absolute Gasteiger partial charge is 0.497 e. The summed E-state index contributed by atoms with van der Waals surface area (Å²) in [5, 5.41) is 10.4. The molecule has 6 heteroatoms. The highest BCUT2D eigenvalue weighted by atomic mass is 32.2. The molecule has 0 bridgehead atoms. The molecule has 0 amide bonds. The second-order valence-electron chi connectivity index (χ2n) is 4.71. The zero-order valence-electron chi connectivity index (χ0n) is 12.5. The van der Waals surface area contributed by atoms with Crippen molar-refractivity contribution >= 4 is 39.2 Å². The molecule has 3 aromatic rings. The summed E-state index contributed by atoms with van der Waals surface area (Å²) in [7, 11) is 3.21. The van der Waals surface area contributed by atoms with Crippen molar-refractivity contribution in [2.75, 3.05) is 14.2 Å². The van der Waals surface area contributed by atoms with E-state index in [-0.39, 0.29) is 0 Å². The maximum absolute atomic E-state index is 11.6. The molecule has 0 unspecified atom stereocenters. The fourth-order valence-corrected chi connectivity index (χ4v) is 4.45. The lowest BCUT2D eigenvalue weighted by molar-refractivity contribution is 0.0699. The number of rotatable bonds is 5. The molecule has 1 aromatic heterocycles. The number of fused-ring (bicyclic) bond motifs is 1. The monoisotopic (exact) mass is 346 g/mol. The van der Waals surface area contributed by atoms with E-state index in [9.17, 15) is 9.90 Å². The zero-order chi connectivity index (χ0) is 16.4. The van der Waals surface area contributed by atoms with Crippen LogP contribution in [0.3, 0.4) is 0 Å². The van der Waals surface area contributed by atoms with Crippen LogP contribution in [-0.2, 0) is 0 Å². The molecule has 4 nitrogen and oxygen atoms in total. The molecule has 1 heterocycles. The highest BCUT2D eigenvalue weighted by Crippen LogP contribution is 2.43. The average Bonchev–Trinajstić information content (AvgIpc) is 2.93. The Morgan fingerprint density at radius 3 is 2.52 bits per heavy atom. The smallest absolute Gasteiger partial charge is 0.347 e. The maximum atomic E-state index is 11.6. The molecule has 0 spiro atoms. The molecule has 23 heavy (non-hydrogen) atoms. The fourth-order valence-electron chi connectivity index (χ4n) is 2.21. The topological polar surface area (TPSA) is 55.8 Å². The summed E-state index contributed by atoms with van der Waals surface area (Å²) in [4.78, 5) is 13.6. The molecule has 3 rings (SSSR count). The van der Waals surface area contributed by atoms with Gasteiger partial charge in [-0.25, -0.2) is 4.79 Å². The Hall–Kier alpha value is -2.18. The van der Waals surface area contributed by atoms with Crippen LogP contribution in [0.5, 0.6) is 11.5 Å². The third kappa shape index (κ3) is 3.13. The van der Waals surface area contributed by atoms with Crippen LogP contribution in [0.4, 0.5) is 0 Å². The Morgan fingerprint density at radius 2 is 1.83 bits per heavy atom. The Labute approximate surface area is 141 Å². The van der Waals surface area contributed by atoms with E-state index in [1.165, 1.54) is 23.1 Å². The van der Waals surface area contributed by atoms with Gasteiger partial charge in [0.2, 0.25) is 0 Å². The van der Waals surface area contributed by atoms with Gasteiger partial charge in [-0.15, -0.1) is 11.3 Å². The van der Waals surface area contributed by atoms with Crippen LogP contribution in [0.2, 0.25) is 0 Å². The first-order chi connectivity index (χ1) is 11.1. The van der Waals surface area contributed by atoms with E-state index >= 15 is 0 Å². The van der Waals surface area contributed by atoms with Gasteiger partial charge < -0.3 is 14.6 Å². The summed E-state index contributed by atoms with van der Waals surface area (Å²) in [5.41, 5.74) is 0. The third-order valence-corrected chi connectivity index (χ3v) is 5.71. The molecule has 0 aliphatic rings. The van der Waals surface area contributed by atoms with Crippen molar-refractivity contribution in [1.29, 1.82) is 0 Å². The fraction of sp³-hybridized carbons (Fsp3) is 0.118. The molecule has 0 aliphatic heterocycles. The van der Waals surface area contributed by atoms with Crippen molar-refractivity contribution in [3.8, 4) is 11.5 Å². The van der Waals surface area contributed by atoms with Gasteiger partial charge in [0, 0.05) is 19.9 Å². The minimum absolute atomic E-state index is 0.334. The Morgan fingerprint density at radius 1 is 1.09 bits per heavy atom. The second kappa shape index (κ2) is 6.52. The van der Waals surface area contributed by atoms with E-state index in [2.05, 4.69) is 0 Å². The van der Waals surface area contributed by atoms with Crippen LogP contribution in [0.15, 0.2) is 52.3 Å². The van der Waals surface area contributed by atoms with Gasteiger partial charge in [0.15, 0.2) is 0 Å². The highest BCUT2D eigenvalue weighted by Gasteiger charge is 2.19. The van der Waals surface area contributed by atoms with Crippen molar-refractivity contribution in [3.63, 3.8) is 0 Å². The molecule has 0 aliphatic carbocycles. The molecule has 0 saturated carbocycles. The minimum atomic E-state index is -0.921. The van der Waals surface area contributed by atoms with E-state index < -0.39 is 5.97 Å². The number of hydrogen-bond donors (Lipinski definition) is 1. The molecule has 118 valence electrons. The molecule has 0 radical (unpaired) electrons. The number of carboxylic acids is 1. The van der Waals surface area contributed by atoms with Crippen molar-refractivity contribution < 1.29 is 19.4 Å². The lowest BCUT2D eigenvalue weighted by Gasteiger charge is -2.05. The molecule has 0 fully saturated rings. The first kappa shape index (κ1) is 15.7. The van der Waals surface area contributed by atoms with E-state index in [4.69, 9.17) is 9.47 Å². The summed E-state index contributed by atoms with van der Waals surface area (Å²) < 4.78 is 11.4. The van der Waals surface area contributed by atoms with Crippen molar-refractivity contribution in [1.82, 2.24) is 0 Å². The quantitative estimate of drug-likeness (QED) is 0.721. The van der Waals surface area contributed by atoms with Crippen LogP contribution in [0.1, 0.15) is 9.67 Å². The van der Waals surface area contributed by atoms with Crippen LogP contribution in [0, 0.1) is 0 Å². The van der Waals surface area contributed by atoms with Crippen molar-refractivity contribution in [2.24, 2.45) is 0 Å². The number of hydrogen-bond acceptors (Lipinski definition) is 5. The summed E-state index contributed by atoms with van der Waals surface area (Å²) in [6, 6.07) is 13.2. The summed E-state index contributed by atoms with van der Waals surface area (Å²) in [5.74, 6) is 0.527. The number of carbonyl (C=O) groups is 1. The number of thiophene rings is 1. The normalized spacial score (nSPS) is 10.7. The lowest BCUT2D eigenvalue weighted by atomic mass is 10.2. The van der Waals surface area contributed by atoms with Gasteiger partial charge >= 0.3 is 5.97 Å². The van der Waals surface area contributed by atoms with Crippen LogP contribution in [-0.4, -0.2) is 25.3 Å². The van der Waals surface area contributed by atoms with Gasteiger partial charge in [-0.2, -0.15) is 0 Å². The highest BCUT2D eigenvalue weighted by molar-refractivity contribution is 7.99. The molecular weight excluding hydrogens is 332 g/mol. The molecule has 0 saturated heterocycles. The van der Waals surface area contributed by atoms with Gasteiger partial charge in [-0.1, -0.05) is 17.8 Å². The molecular formula is C17H14O4S2. The van der Waals surface area contributed by atoms with Crippen molar-refractivity contribution in [3.05, 3.63) is 47.3 Å². The molecule has 2 aromatic carbocycles. The van der Waals surface area contributed by atoms with E-state index in [0.717, 1.165) is 25.6 Å². The summed E-state index contributed by atoms with van der Waals surface area (Å²) >= 11 is 2.69. The van der Waals surface area contributed by atoms with Gasteiger partial charge in [0.05, 0.1) is 14.2 Å². The Bertz CT molecular complexity index is 870. The summed E-state index contributed by atoms with van der Waals surface area (Å²) in [6.07, 6.45) is 0. The van der Waals surface area contributed by atoms with Crippen LogP contribution >= 0.6 is 23.1 Å². The lowest BCUT2D eigenvalue weighted by Crippen LogP contribution is -1.93. The first-order valence-corrected chi connectivity index (χ1v) is 8.41. The number of aromatic carboxylic acids is 1. The predicted octanol–water partition coefficient (Wildman–Crippen LogP) is 4.77. The number of carboxylic acid groups (broad SMARTS) is 1. The van der Waals surface area contributed by atoms with Crippen molar-refractivity contribution in [2.45, 2.75) is 9.79 Å². The van der Waals surface area contributed by atoms with Gasteiger partial charge in [-0.05, 0) is 36.4 Å². The van der Waals surface area contributed by atoms with E-state index in [1.807, 2.05) is 42.5 Å². The van der Waals surface area contributed by atoms with E-state index in [0.29, 0.717) is 10.6 Å². The first-order valence-electron chi connectivity index (χ1n) is 6.78. The number of methoxy groups -OCH3 is 2.